The molecular weight excluding hydrogens is 376 g/mol. The summed E-state index contributed by atoms with van der Waals surface area (Å²) in [6.45, 7) is 2.47. The molecular formula is C6H18AlNaO12P2. The number of ether oxygens (including phenoxy) is 2. The first kappa shape index (κ1) is 31.4. The van der Waals surface area contributed by atoms with E-state index in [1.165, 1.54) is 0 Å². The zero-order valence-corrected chi connectivity index (χ0v) is 17.3. The molecule has 0 atom stereocenters. The minimum atomic E-state index is -4.89. The normalized spacial score (nSPS) is 10.2. The molecule has 0 radical (unpaired) electrons. The van der Waals surface area contributed by atoms with Crippen molar-refractivity contribution >= 4 is 31.5 Å². The maximum atomic E-state index is 8.77. The Morgan fingerprint density at radius 1 is 0.818 bits per heavy atom. The molecule has 12 nitrogen and oxygen atoms in total. The minimum absolute atomic E-state index is 0. The van der Waals surface area contributed by atoms with E-state index in [9.17, 15) is 0 Å². The minimum Gasteiger partial charge on any atom is -0.756 e. The third-order valence-corrected chi connectivity index (χ3v) is 1.69. The summed E-state index contributed by atoms with van der Waals surface area (Å²) in [5, 5.41) is 0. The van der Waals surface area contributed by atoms with Crippen molar-refractivity contribution in [1.29, 1.82) is 0 Å². The zero-order valence-electron chi connectivity index (χ0n) is 12.4. The van der Waals surface area contributed by atoms with Crippen LogP contribution in [0.5, 0.6) is 0 Å². The molecule has 0 aromatic carbocycles. The van der Waals surface area contributed by atoms with Crippen molar-refractivity contribution in [2.75, 3.05) is 40.6 Å². The maximum absolute atomic E-state index is 8.77. The van der Waals surface area contributed by atoms with Gasteiger partial charge in [-0.25, -0.2) is 0 Å². The number of hydrogen-bond donors (Lipinski definition) is 4. The topological polar surface area (TPSA) is 198 Å². The summed E-state index contributed by atoms with van der Waals surface area (Å²) in [5.74, 6) is 0. The van der Waals surface area contributed by atoms with Crippen LogP contribution in [-0.4, -0.2) is 76.1 Å². The Kier molecular flexibility index (Phi) is 29.4. The average molecular weight is 394 g/mol. The summed E-state index contributed by atoms with van der Waals surface area (Å²) in [4.78, 5) is 45.8. The van der Waals surface area contributed by atoms with Crippen molar-refractivity contribution in [2.45, 2.75) is 0 Å². The molecule has 16 heteroatoms. The smallest absolute Gasteiger partial charge is 0.756 e. The van der Waals surface area contributed by atoms with Gasteiger partial charge in [-0.1, -0.05) is 0 Å². The molecule has 0 fully saturated rings. The third-order valence-electron chi connectivity index (χ3n) is 0.947. The summed E-state index contributed by atoms with van der Waals surface area (Å²) in [7, 11) is -6.49. The van der Waals surface area contributed by atoms with Crippen LogP contribution in [0.4, 0.5) is 0 Å². The van der Waals surface area contributed by atoms with Gasteiger partial charge in [-0.3, -0.25) is 9.13 Å². The van der Waals surface area contributed by atoms with E-state index in [1.54, 1.807) is 14.2 Å². The molecule has 0 aliphatic heterocycles. The molecule has 0 rings (SSSR count). The number of methoxy groups -OCH3 is 2. The maximum Gasteiger partial charge on any atom is 1.00 e. The Hall–Kier alpha value is 1.59. The van der Waals surface area contributed by atoms with E-state index >= 15 is 0 Å². The fraction of sp³-hybridized carbons (Fsp3) is 1.00. The van der Waals surface area contributed by atoms with Crippen LogP contribution in [0.25, 0.3) is 0 Å². The van der Waals surface area contributed by atoms with Gasteiger partial charge in [0.1, 0.15) is 0 Å². The van der Waals surface area contributed by atoms with Crippen molar-refractivity contribution in [1.82, 2.24) is 0 Å². The van der Waals surface area contributed by atoms with Gasteiger partial charge in [0.05, 0.1) is 0 Å². The molecule has 0 bridgehead atoms. The molecule has 0 unspecified atom stereocenters. The molecule has 0 heterocycles. The molecule has 0 saturated carbocycles. The first-order valence-corrected chi connectivity index (χ1v) is 8.98. The fourth-order valence-electron chi connectivity index (χ4n) is 0.407. The van der Waals surface area contributed by atoms with Gasteiger partial charge < -0.3 is 29.4 Å². The molecule has 0 aliphatic carbocycles. The van der Waals surface area contributed by atoms with Crippen LogP contribution < -0.4 is 39.3 Å². The standard InChI is InChI=1S/2C3H7O2.Al.Na.2H3O4P/c2*1-5-3-2-4;;;2*1-5(2,3)4/h2*2-3H2,1H3;;;2*(H3,1,2,3,4)/q2*-1;+3;+1;;/p-2. The predicted octanol–water partition coefficient (Wildman–Crippen LogP) is -6.27. The predicted molar refractivity (Wildman–Crippen MR) is 65.5 cm³/mol. The summed E-state index contributed by atoms with van der Waals surface area (Å²) in [5.41, 5.74) is 0. The average Bonchev–Trinajstić information content (AvgIpc) is 2.23. The first-order valence-electron chi connectivity index (χ1n) is 4.97. The Morgan fingerprint density at radius 3 is 1.23 bits per heavy atom. The largest absolute Gasteiger partial charge is 1.00 e. The molecule has 128 valence electrons. The van der Waals surface area contributed by atoms with Crippen LogP contribution in [0.15, 0.2) is 0 Å². The SMILES string of the molecule is COCC[O][Al+][O]CCOC.O=P([O-])(O)O.O=P([O-])(O)O.[Na+]. The van der Waals surface area contributed by atoms with Gasteiger partial charge in [-0.15, -0.1) is 0 Å². The van der Waals surface area contributed by atoms with E-state index in [4.69, 9.17) is 55.5 Å². The quantitative estimate of drug-likeness (QED) is 0.173. The number of phosphoric acid groups is 2. The van der Waals surface area contributed by atoms with Crippen molar-refractivity contribution in [3.63, 3.8) is 0 Å². The van der Waals surface area contributed by atoms with Crippen LogP contribution in [-0.2, 0) is 26.2 Å². The van der Waals surface area contributed by atoms with Gasteiger partial charge in [0.25, 0.3) is 15.6 Å². The van der Waals surface area contributed by atoms with Crippen LogP contribution >= 0.6 is 15.6 Å². The second-order valence-corrected chi connectivity index (χ2v) is 5.63. The summed E-state index contributed by atoms with van der Waals surface area (Å²) in [6.07, 6.45) is 0. The zero-order chi connectivity index (χ0) is 17.4. The van der Waals surface area contributed by atoms with Gasteiger partial charge in [0.2, 0.25) is 0 Å². The molecule has 0 spiro atoms. The first-order chi connectivity index (χ1) is 9.41. The summed E-state index contributed by atoms with van der Waals surface area (Å²) < 4.78 is 37.3. The van der Waals surface area contributed by atoms with Gasteiger partial charge in [-0.05, 0) is 0 Å². The summed E-state index contributed by atoms with van der Waals surface area (Å²) >= 11 is -0.349. The Morgan fingerprint density at radius 2 is 1.05 bits per heavy atom. The Balaban J connectivity index is -0.000000124. The molecule has 22 heavy (non-hydrogen) atoms. The molecule has 0 amide bonds. The van der Waals surface area contributed by atoms with Gasteiger partial charge in [-0.2, -0.15) is 0 Å². The Labute approximate surface area is 156 Å². The number of rotatable bonds is 8. The van der Waals surface area contributed by atoms with E-state index in [2.05, 4.69) is 0 Å². The molecule has 0 aromatic heterocycles. The van der Waals surface area contributed by atoms with Gasteiger partial charge >= 0.3 is 103 Å². The van der Waals surface area contributed by atoms with Crippen molar-refractivity contribution in [2.24, 2.45) is 0 Å². The van der Waals surface area contributed by atoms with Crippen molar-refractivity contribution in [3.8, 4) is 0 Å². The Bertz CT molecular complexity index is 251. The second-order valence-electron chi connectivity index (χ2n) is 2.80. The van der Waals surface area contributed by atoms with Gasteiger partial charge in [0.15, 0.2) is 0 Å². The summed E-state index contributed by atoms with van der Waals surface area (Å²) in [6, 6.07) is 0. The van der Waals surface area contributed by atoms with E-state index in [1.807, 2.05) is 0 Å². The van der Waals surface area contributed by atoms with E-state index in [0.29, 0.717) is 26.4 Å². The molecule has 0 saturated heterocycles. The number of hydrogen-bond acceptors (Lipinski definition) is 8. The third kappa shape index (κ3) is 99.5. The van der Waals surface area contributed by atoms with Crippen molar-refractivity contribution < 1.29 is 85.1 Å². The fourth-order valence-corrected chi connectivity index (χ4v) is 0.888. The van der Waals surface area contributed by atoms with Crippen LogP contribution in [0.2, 0.25) is 0 Å². The van der Waals surface area contributed by atoms with Crippen LogP contribution in [0, 0.1) is 0 Å². The van der Waals surface area contributed by atoms with E-state index < -0.39 is 15.6 Å². The van der Waals surface area contributed by atoms with E-state index in [-0.39, 0.29) is 45.4 Å². The van der Waals surface area contributed by atoms with Crippen molar-refractivity contribution in [3.05, 3.63) is 0 Å². The molecule has 0 aromatic rings. The van der Waals surface area contributed by atoms with Crippen LogP contribution in [0.3, 0.4) is 0 Å². The van der Waals surface area contributed by atoms with E-state index in [0.717, 1.165) is 0 Å². The monoisotopic (exact) mass is 394 g/mol. The molecule has 0 aliphatic rings. The van der Waals surface area contributed by atoms with Crippen LogP contribution in [0.1, 0.15) is 0 Å². The van der Waals surface area contributed by atoms with Gasteiger partial charge in [0, 0.05) is 0 Å². The molecule has 4 N–H and O–H groups in total. The second kappa shape index (κ2) is 20.6.